The highest BCUT2D eigenvalue weighted by Gasteiger charge is 2.35. The zero-order valence-electron chi connectivity index (χ0n) is 9.41. The lowest BCUT2D eigenvalue weighted by Crippen LogP contribution is -2.45. The lowest BCUT2D eigenvalue weighted by molar-refractivity contribution is -0.135. The van der Waals surface area contributed by atoms with Crippen molar-refractivity contribution in [3.63, 3.8) is 0 Å². The summed E-state index contributed by atoms with van der Waals surface area (Å²) in [6.45, 7) is 2.77. The summed E-state index contributed by atoms with van der Waals surface area (Å²) in [6.07, 6.45) is 3.37. The molecule has 1 saturated heterocycles. The Morgan fingerprint density at radius 1 is 1.56 bits per heavy atom. The third-order valence-electron chi connectivity index (χ3n) is 3.23. The van der Waals surface area contributed by atoms with Crippen molar-refractivity contribution >= 4 is 22.9 Å². The molecule has 1 aromatic rings. The molecule has 2 heterocycles. The molecule has 2 rings (SSSR count). The molecule has 0 amide bonds. The topological polar surface area (TPSA) is 29.5 Å². The molecule has 0 saturated carbocycles. The summed E-state index contributed by atoms with van der Waals surface area (Å²) in [7, 11) is 0. The van der Waals surface area contributed by atoms with Crippen molar-refractivity contribution in [3.8, 4) is 0 Å². The normalized spacial score (nSPS) is 27.9. The minimum absolute atomic E-state index is 0.380. The molecule has 1 aromatic heterocycles. The van der Waals surface area contributed by atoms with Crippen LogP contribution in [0, 0.1) is 0 Å². The van der Waals surface area contributed by atoms with Crippen molar-refractivity contribution in [2.24, 2.45) is 0 Å². The highest BCUT2D eigenvalue weighted by atomic mass is 35.5. The molecule has 2 atom stereocenters. The maximum Gasteiger partial charge on any atom is 0.0931 e. The summed E-state index contributed by atoms with van der Waals surface area (Å²) in [6, 6.07) is 3.85. The number of hydrogen-bond donors (Lipinski definition) is 1. The molecule has 0 radical (unpaired) electrons. The van der Waals surface area contributed by atoms with Gasteiger partial charge in [0.15, 0.2) is 0 Å². The molecule has 2 unspecified atom stereocenters. The molecule has 16 heavy (non-hydrogen) atoms. The number of rotatable bonds is 3. The Bertz CT molecular complexity index is 345. The van der Waals surface area contributed by atoms with Gasteiger partial charge in [-0.1, -0.05) is 11.6 Å². The fourth-order valence-electron chi connectivity index (χ4n) is 2.09. The maximum absolute atomic E-state index is 10.2. The highest BCUT2D eigenvalue weighted by Crippen LogP contribution is 2.31. The van der Waals surface area contributed by atoms with E-state index in [0.29, 0.717) is 6.42 Å². The minimum atomic E-state index is -0.442. The van der Waals surface area contributed by atoms with E-state index in [2.05, 4.69) is 0 Å². The van der Waals surface area contributed by atoms with E-state index in [4.69, 9.17) is 16.3 Å². The Morgan fingerprint density at radius 2 is 2.38 bits per heavy atom. The summed E-state index contributed by atoms with van der Waals surface area (Å²) in [4.78, 5) is 1.12. The average Bonchev–Trinajstić information content (AvgIpc) is 2.65. The van der Waals surface area contributed by atoms with E-state index in [1.54, 1.807) is 0 Å². The lowest BCUT2D eigenvalue weighted by atomic mass is 9.88. The SMILES string of the molecule is CC1(C(O)Cc2ccc(Cl)s2)CCCCO1. The molecule has 0 spiro atoms. The van der Waals surface area contributed by atoms with Crippen LogP contribution in [0.2, 0.25) is 4.34 Å². The standard InChI is InChI=1S/C12H17ClO2S/c1-12(6-2-3-7-15-12)10(14)8-9-4-5-11(13)16-9/h4-5,10,14H,2-3,6-8H2,1H3. The molecule has 1 fully saturated rings. The van der Waals surface area contributed by atoms with E-state index in [1.807, 2.05) is 19.1 Å². The van der Waals surface area contributed by atoms with E-state index in [1.165, 1.54) is 11.3 Å². The van der Waals surface area contributed by atoms with Gasteiger partial charge in [-0.2, -0.15) is 0 Å². The number of hydrogen-bond acceptors (Lipinski definition) is 3. The van der Waals surface area contributed by atoms with Crippen molar-refractivity contribution < 1.29 is 9.84 Å². The minimum Gasteiger partial charge on any atom is -0.390 e. The molecule has 1 N–H and O–H groups in total. The Balaban J connectivity index is 1.98. The van der Waals surface area contributed by atoms with Gasteiger partial charge >= 0.3 is 0 Å². The lowest BCUT2D eigenvalue weighted by Gasteiger charge is -2.37. The van der Waals surface area contributed by atoms with Crippen LogP contribution in [0.4, 0.5) is 0 Å². The molecule has 0 aliphatic carbocycles. The monoisotopic (exact) mass is 260 g/mol. The van der Waals surface area contributed by atoms with Crippen molar-refractivity contribution in [2.75, 3.05) is 6.61 Å². The van der Waals surface area contributed by atoms with Crippen LogP contribution in [-0.4, -0.2) is 23.4 Å². The number of halogens is 1. The Kier molecular flexibility index (Phi) is 3.90. The van der Waals surface area contributed by atoms with Gasteiger partial charge in [0.25, 0.3) is 0 Å². The van der Waals surface area contributed by atoms with Crippen molar-refractivity contribution in [1.29, 1.82) is 0 Å². The molecule has 0 bridgehead atoms. The predicted molar refractivity (Wildman–Crippen MR) is 67.2 cm³/mol. The van der Waals surface area contributed by atoms with E-state index in [0.717, 1.165) is 35.1 Å². The summed E-state index contributed by atoms with van der Waals surface area (Å²) in [5, 5.41) is 10.2. The first-order valence-electron chi connectivity index (χ1n) is 5.66. The first kappa shape index (κ1) is 12.4. The number of ether oxygens (including phenoxy) is 1. The van der Waals surface area contributed by atoms with Gasteiger partial charge < -0.3 is 9.84 Å². The Morgan fingerprint density at radius 3 is 2.94 bits per heavy atom. The van der Waals surface area contributed by atoms with Crippen LogP contribution in [0.3, 0.4) is 0 Å². The summed E-state index contributed by atoms with van der Waals surface area (Å²) in [5.41, 5.74) is -0.380. The summed E-state index contributed by atoms with van der Waals surface area (Å²) >= 11 is 7.40. The van der Waals surface area contributed by atoms with Crippen molar-refractivity contribution in [3.05, 3.63) is 21.3 Å². The Labute approximate surface area is 105 Å². The molecular formula is C12H17ClO2S. The molecule has 0 aromatic carbocycles. The van der Waals surface area contributed by atoms with Gasteiger partial charge in [0, 0.05) is 17.9 Å². The predicted octanol–water partition coefficient (Wildman–Crippen LogP) is 3.26. The van der Waals surface area contributed by atoms with Crippen LogP contribution < -0.4 is 0 Å². The van der Waals surface area contributed by atoms with Gasteiger partial charge in [0.2, 0.25) is 0 Å². The zero-order valence-corrected chi connectivity index (χ0v) is 11.0. The molecule has 2 nitrogen and oxygen atoms in total. The highest BCUT2D eigenvalue weighted by molar-refractivity contribution is 7.16. The molecule has 90 valence electrons. The second kappa shape index (κ2) is 5.05. The summed E-state index contributed by atoms with van der Waals surface area (Å²) < 4.78 is 6.50. The van der Waals surface area contributed by atoms with Crippen LogP contribution in [0.1, 0.15) is 31.1 Å². The van der Waals surface area contributed by atoms with Crippen LogP contribution in [0.25, 0.3) is 0 Å². The molecular weight excluding hydrogens is 244 g/mol. The van der Waals surface area contributed by atoms with E-state index >= 15 is 0 Å². The third-order valence-corrected chi connectivity index (χ3v) is 4.48. The fraction of sp³-hybridized carbons (Fsp3) is 0.667. The van der Waals surface area contributed by atoms with Gasteiger partial charge in [-0.05, 0) is 38.3 Å². The van der Waals surface area contributed by atoms with Crippen molar-refractivity contribution in [1.82, 2.24) is 0 Å². The fourth-order valence-corrected chi connectivity index (χ4v) is 3.21. The largest absolute Gasteiger partial charge is 0.390 e. The number of aliphatic hydroxyl groups is 1. The van der Waals surface area contributed by atoms with Gasteiger partial charge in [0.05, 0.1) is 16.0 Å². The second-order valence-corrected chi connectivity index (χ2v) is 6.34. The van der Waals surface area contributed by atoms with Crippen LogP contribution in [0.15, 0.2) is 12.1 Å². The third kappa shape index (κ3) is 2.77. The van der Waals surface area contributed by atoms with Gasteiger partial charge in [-0.25, -0.2) is 0 Å². The molecule has 1 aliphatic heterocycles. The van der Waals surface area contributed by atoms with Gasteiger partial charge in [-0.15, -0.1) is 11.3 Å². The average molecular weight is 261 g/mol. The van der Waals surface area contributed by atoms with E-state index in [9.17, 15) is 5.11 Å². The Hall–Kier alpha value is -0.0900. The zero-order chi connectivity index (χ0) is 11.6. The van der Waals surface area contributed by atoms with Crippen LogP contribution >= 0.6 is 22.9 Å². The van der Waals surface area contributed by atoms with Crippen LogP contribution in [0.5, 0.6) is 0 Å². The molecule has 4 heteroatoms. The first-order chi connectivity index (χ1) is 7.60. The molecule has 1 aliphatic rings. The summed E-state index contributed by atoms with van der Waals surface area (Å²) in [5.74, 6) is 0. The maximum atomic E-state index is 10.2. The van der Waals surface area contributed by atoms with Crippen LogP contribution in [-0.2, 0) is 11.2 Å². The van der Waals surface area contributed by atoms with Gasteiger partial charge in [0.1, 0.15) is 0 Å². The van der Waals surface area contributed by atoms with Gasteiger partial charge in [-0.3, -0.25) is 0 Å². The van der Waals surface area contributed by atoms with Crippen molar-refractivity contribution in [2.45, 2.75) is 44.3 Å². The second-order valence-electron chi connectivity index (χ2n) is 4.54. The first-order valence-corrected chi connectivity index (χ1v) is 6.86. The van der Waals surface area contributed by atoms with E-state index in [-0.39, 0.29) is 5.60 Å². The van der Waals surface area contributed by atoms with E-state index < -0.39 is 6.10 Å². The smallest absolute Gasteiger partial charge is 0.0931 e. The quantitative estimate of drug-likeness (QED) is 0.904. The number of thiophene rings is 1. The number of aliphatic hydroxyl groups excluding tert-OH is 1.